The monoisotopic (exact) mass is 226 g/mol. The van der Waals surface area contributed by atoms with E-state index in [4.69, 9.17) is 17.3 Å². The lowest BCUT2D eigenvalue weighted by Gasteiger charge is -2.32. The summed E-state index contributed by atoms with van der Waals surface area (Å²) < 4.78 is 0. The largest absolute Gasteiger partial charge is 0.355 e. The number of aromatic nitrogens is 2. The Morgan fingerprint density at radius 3 is 3.13 bits per heavy atom. The van der Waals surface area contributed by atoms with Crippen molar-refractivity contribution in [1.82, 2.24) is 9.97 Å². The predicted octanol–water partition coefficient (Wildman–Crippen LogP) is 1.31. The lowest BCUT2D eigenvalue weighted by atomic mass is 9.98. The molecule has 82 valence electrons. The van der Waals surface area contributed by atoms with Crippen LogP contribution in [0.4, 0.5) is 5.82 Å². The van der Waals surface area contributed by atoms with Crippen molar-refractivity contribution in [3.63, 3.8) is 0 Å². The van der Waals surface area contributed by atoms with Crippen LogP contribution in [-0.2, 0) is 0 Å². The highest BCUT2D eigenvalue weighted by Gasteiger charge is 2.19. The second kappa shape index (κ2) is 4.77. The first kappa shape index (κ1) is 10.6. The summed E-state index contributed by atoms with van der Waals surface area (Å²) in [6.07, 6.45) is 5.68. The Hall–Kier alpha value is -0.870. The molecule has 1 aliphatic rings. The zero-order valence-corrected chi connectivity index (χ0v) is 9.32. The molecule has 2 heterocycles. The van der Waals surface area contributed by atoms with Crippen LogP contribution in [0.25, 0.3) is 0 Å². The van der Waals surface area contributed by atoms with E-state index >= 15 is 0 Å². The number of hydrogen-bond acceptors (Lipinski definition) is 4. The topological polar surface area (TPSA) is 55.0 Å². The molecule has 1 unspecified atom stereocenters. The van der Waals surface area contributed by atoms with E-state index < -0.39 is 0 Å². The molecule has 1 aromatic rings. The quantitative estimate of drug-likeness (QED) is 0.826. The first-order valence-electron chi connectivity index (χ1n) is 5.22. The van der Waals surface area contributed by atoms with Crippen molar-refractivity contribution in [1.29, 1.82) is 0 Å². The van der Waals surface area contributed by atoms with Gasteiger partial charge in [0.1, 0.15) is 11.0 Å². The fourth-order valence-electron chi connectivity index (χ4n) is 1.95. The van der Waals surface area contributed by atoms with Crippen LogP contribution in [0.1, 0.15) is 12.8 Å². The van der Waals surface area contributed by atoms with Gasteiger partial charge in [-0.15, -0.1) is 0 Å². The van der Waals surface area contributed by atoms with Crippen LogP contribution in [0.3, 0.4) is 0 Å². The Labute approximate surface area is 94.5 Å². The van der Waals surface area contributed by atoms with Crippen LogP contribution < -0.4 is 10.6 Å². The summed E-state index contributed by atoms with van der Waals surface area (Å²) in [4.78, 5) is 10.5. The average molecular weight is 227 g/mol. The van der Waals surface area contributed by atoms with E-state index in [0.29, 0.717) is 11.1 Å². The van der Waals surface area contributed by atoms with Gasteiger partial charge in [0.25, 0.3) is 0 Å². The molecule has 0 amide bonds. The average Bonchev–Trinajstić information content (AvgIpc) is 2.29. The number of piperidine rings is 1. The second-order valence-corrected chi connectivity index (χ2v) is 4.28. The highest BCUT2D eigenvalue weighted by Crippen LogP contribution is 2.21. The highest BCUT2D eigenvalue weighted by atomic mass is 35.5. The fraction of sp³-hybridized carbons (Fsp3) is 0.600. The SMILES string of the molecule is NCC1CCCN(c2cncc(Cl)n2)C1. The van der Waals surface area contributed by atoms with Gasteiger partial charge in [0, 0.05) is 13.1 Å². The summed E-state index contributed by atoms with van der Waals surface area (Å²) in [6, 6.07) is 0. The molecule has 2 rings (SSSR count). The van der Waals surface area contributed by atoms with Crippen LogP contribution in [-0.4, -0.2) is 29.6 Å². The van der Waals surface area contributed by atoms with Gasteiger partial charge in [-0.3, -0.25) is 4.98 Å². The standard InChI is InChI=1S/C10H15ClN4/c11-9-5-13-6-10(14-9)15-3-1-2-8(4-12)7-15/h5-6,8H,1-4,7,12H2. The van der Waals surface area contributed by atoms with Crippen LogP contribution in [0, 0.1) is 5.92 Å². The van der Waals surface area contributed by atoms with Crippen molar-refractivity contribution >= 4 is 17.4 Å². The van der Waals surface area contributed by atoms with E-state index in [-0.39, 0.29) is 0 Å². The van der Waals surface area contributed by atoms with E-state index in [0.717, 1.165) is 31.9 Å². The Bertz CT molecular complexity index is 331. The van der Waals surface area contributed by atoms with E-state index in [1.165, 1.54) is 6.42 Å². The summed E-state index contributed by atoms with van der Waals surface area (Å²) in [5, 5.41) is 0.447. The first-order valence-corrected chi connectivity index (χ1v) is 5.60. The Morgan fingerprint density at radius 2 is 2.40 bits per heavy atom. The third-order valence-corrected chi connectivity index (χ3v) is 2.95. The zero-order valence-electron chi connectivity index (χ0n) is 8.56. The molecule has 1 aromatic heterocycles. The van der Waals surface area contributed by atoms with E-state index in [2.05, 4.69) is 14.9 Å². The highest BCUT2D eigenvalue weighted by molar-refractivity contribution is 6.29. The Morgan fingerprint density at radius 1 is 1.53 bits per heavy atom. The van der Waals surface area contributed by atoms with E-state index in [1.807, 2.05) is 0 Å². The minimum absolute atomic E-state index is 0.447. The summed E-state index contributed by atoms with van der Waals surface area (Å²) in [6.45, 7) is 2.72. The van der Waals surface area contributed by atoms with E-state index in [1.54, 1.807) is 12.4 Å². The first-order chi connectivity index (χ1) is 7.29. The molecule has 0 aliphatic carbocycles. The maximum atomic E-state index is 5.81. The molecule has 2 N–H and O–H groups in total. The third kappa shape index (κ3) is 2.58. The van der Waals surface area contributed by atoms with Crippen molar-refractivity contribution in [3.05, 3.63) is 17.5 Å². The molecule has 0 radical (unpaired) electrons. The second-order valence-electron chi connectivity index (χ2n) is 3.89. The minimum atomic E-state index is 0.447. The van der Waals surface area contributed by atoms with Crippen LogP contribution in [0.2, 0.25) is 5.15 Å². The van der Waals surface area contributed by atoms with Crippen molar-refractivity contribution < 1.29 is 0 Å². The molecule has 1 atom stereocenters. The van der Waals surface area contributed by atoms with Gasteiger partial charge in [0.2, 0.25) is 0 Å². The molecule has 15 heavy (non-hydrogen) atoms. The van der Waals surface area contributed by atoms with Gasteiger partial charge in [-0.25, -0.2) is 4.98 Å². The number of anilines is 1. The number of nitrogens with zero attached hydrogens (tertiary/aromatic N) is 3. The molecular formula is C10H15ClN4. The molecule has 0 bridgehead atoms. The maximum Gasteiger partial charge on any atom is 0.149 e. The third-order valence-electron chi connectivity index (χ3n) is 2.77. The van der Waals surface area contributed by atoms with Crippen molar-refractivity contribution in [3.8, 4) is 0 Å². The van der Waals surface area contributed by atoms with Gasteiger partial charge < -0.3 is 10.6 Å². The summed E-state index contributed by atoms with van der Waals surface area (Å²) in [5.41, 5.74) is 5.68. The Kier molecular flexibility index (Phi) is 3.38. The number of rotatable bonds is 2. The van der Waals surface area contributed by atoms with E-state index in [9.17, 15) is 0 Å². The number of nitrogens with two attached hydrogens (primary N) is 1. The van der Waals surface area contributed by atoms with Crippen LogP contribution in [0.15, 0.2) is 12.4 Å². The Balaban J connectivity index is 2.09. The van der Waals surface area contributed by atoms with Crippen LogP contribution >= 0.6 is 11.6 Å². The normalized spacial score (nSPS) is 21.7. The van der Waals surface area contributed by atoms with Gasteiger partial charge >= 0.3 is 0 Å². The van der Waals surface area contributed by atoms with Crippen molar-refractivity contribution in [2.24, 2.45) is 11.7 Å². The molecule has 1 aliphatic heterocycles. The molecular weight excluding hydrogens is 212 g/mol. The van der Waals surface area contributed by atoms with Gasteiger partial charge in [0.05, 0.1) is 12.4 Å². The molecule has 5 heteroatoms. The summed E-state index contributed by atoms with van der Waals surface area (Å²) in [7, 11) is 0. The molecule has 0 aromatic carbocycles. The molecule has 4 nitrogen and oxygen atoms in total. The number of hydrogen-bond donors (Lipinski definition) is 1. The zero-order chi connectivity index (χ0) is 10.7. The molecule has 0 spiro atoms. The molecule has 1 fully saturated rings. The lowest BCUT2D eigenvalue weighted by Crippen LogP contribution is -2.38. The van der Waals surface area contributed by atoms with Gasteiger partial charge in [-0.1, -0.05) is 11.6 Å². The number of halogens is 1. The van der Waals surface area contributed by atoms with Gasteiger partial charge in [0.15, 0.2) is 0 Å². The lowest BCUT2D eigenvalue weighted by molar-refractivity contribution is 0.421. The fourth-order valence-corrected chi connectivity index (χ4v) is 2.09. The summed E-state index contributed by atoms with van der Waals surface area (Å²) in [5.74, 6) is 1.43. The van der Waals surface area contributed by atoms with Crippen LogP contribution in [0.5, 0.6) is 0 Å². The molecule has 1 saturated heterocycles. The smallest absolute Gasteiger partial charge is 0.149 e. The predicted molar refractivity (Wildman–Crippen MR) is 61.0 cm³/mol. The summed E-state index contributed by atoms with van der Waals surface area (Å²) >= 11 is 5.81. The maximum absolute atomic E-state index is 5.81. The minimum Gasteiger partial charge on any atom is -0.355 e. The molecule has 0 saturated carbocycles. The van der Waals surface area contributed by atoms with Crippen molar-refractivity contribution in [2.45, 2.75) is 12.8 Å². The van der Waals surface area contributed by atoms with Crippen molar-refractivity contribution in [2.75, 3.05) is 24.5 Å². The van der Waals surface area contributed by atoms with Gasteiger partial charge in [-0.05, 0) is 25.3 Å². The van der Waals surface area contributed by atoms with Gasteiger partial charge in [-0.2, -0.15) is 0 Å².